The van der Waals surface area contributed by atoms with Crippen LogP contribution in [0.15, 0.2) is 72.9 Å². The summed E-state index contributed by atoms with van der Waals surface area (Å²) < 4.78 is 5.89. The van der Waals surface area contributed by atoms with Crippen LogP contribution in [-0.2, 0) is 11.3 Å². The molecule has 2 aromatic carbocycles. The highest BCUT2D eigenvalue weighted by Crippen LogP contribution is 2.27. The highest BCUT2D eigenvalue weighted by Gasteiger charge is 2.14. The lowest BCUT2D eigenvalue weighted by Crippen LogP contribution is -2.22. The summed E-state index contributed by atoms with van der Waals surface area (Å²) >= 11 is 0. The van der Waals surface area contributed by atoms with Crippen LogP contribution in [0.25, 0.3) is 0 Å². The Morgan fingerprint density at radius 1 is 0.833 bits per heavy atom. The smallest absolute Gasteiger partial charge is 0.121 e. The van der Waals surface area contributed by atoms with Gasteiger partial charge in [0.1, 0.15) is 5.75 Å². The Balaban J connectivity index is 1.21. The molecule has 0 amide bonds. The molecule has 0 radical (unpaired) electrons. The second kappa shape index (κ2) is 16.1. The molecule has 36 heavy (non-hydrogen) atoms. The number of hydrogen-bond donors (Lipinski definition) is 4. The van der Waals surface area contributed by atoms with Gasteiger partial charge in [0.2, 0.25) is 0 Å². The third-order valence-electron chi connectivity index (χ3n) is 6.42. The van der Waals surface area contributed by atoms with Gasteiger partial charge in [-0.2, -0.15) is 0 Å². The molecular weight excluding hydrogens is 452 g/mol. The SMILES string of the molecule is OCc1cc(C(O)CNCCCCCCOCCCC(c2ccccc2)c2ccccn2)ccc1O. The van der Waals surface area contributed by atoms with Gasteiger partial charge in [-0.1, -0.05) is 55.3 Å². The van der Waals surface area contributed by atoms with Gasteiger partial charge in [-0.3, -0.25) is 4.98 Å². The molecule has 1 aromatic heterocycles. The van der Waals surface area contributed by atoms with E-state index in [2.05, 4.69) is 46.7 Å². The standard InChI is InChI=1S/C30H40N2O4/c33-23-26-21-25(15-16-29(26)34)30(35)22-31-17-7-1-2-9-19-36-20-10-13-27(24-11-4-3-5-12-24)28-14-6-8-18-32-28/h3-6,8,11-12,14-16,18,21,27,30-31,33-35H,1-2,7,9-10,13,17,19-20,22-23H2. The molecule has 4 N–H and O–H groups in total. The van der Waals surface area contributed by atoms with Gasteiger partial charge in [-0.15, -0.1) is 0 Å². The van der Waals surface area contributed by atoms with E-state index in [0.29, 0.717) is 23.6 Å². The summed E-state index contributed by atoms with van der Waals surface area (Å²) in [4.78, 5) is 4.58. The number of nitrogens with one attached hydrogen (secondary N) is 1. The van der Waals surface area contributed by atoms with Crippen LogP contribution in [0.3, 0.4) is 0 Å². The van der Waals surface area contributed by atoms with Gasteiger partial charge < -0.3 is 25.4 Å². The van der Waals surface area contributed by atoms with Crippen LogP contribution in [-0.4, -0.2) is 46.6 Å². The summed E-state index contributed by atoms with van der Waals surface area (Å²) in [5.41, 5.74) is 3.53. The zero-order valence-corrected chi connectivity index (χ0v) is 21.1. The molecule has 3 rings (SSSR count). The van der Waals surface area contributed by atoms with Crippen LogP contribution < -0.4 is 5.32 Å². The van der Waals surface area contributed by atoms with E-state index in [9.17, 15) is 15.3 Å². The first-order chi connectivity index (χ1) is 17.7. The second-order valence-electron chi connectivity index (χ2n) is 9.15. The van der Waals surface area contributed by atoms with Gasteiger partial charge >= 0.3 is 0 Å². The Morgan fingerprint density at radius 3 is 2.39 bits per heavy atom. The first kappa shape index (κ1) is 27.8. The number of rotatable bonds is 17. The lowest BCUT2D eigenvalue weighted by Gasteiger charge is -2.17. The van der Waals surface area contributed by atoms with Crippen molar-refractivity contribution in [3.8, 4) is 5.75 Å². The number of phenols is 1. The van der Waals surface area contributed by atoms with Crippen LogP contribution in [0.1, 0.15) is 72.9 Å². The number of hydrogen-bond acceptors (Lipinski definition) is 6. The Hall–Kier alpha value is -2.77. The largest absolute Gasteiger partial charge is 0.508 e. The Morgan fingerprint density at radius 2 is 1.61 bits per heavy atom. The number of aromatic hydroxyl groups is 1. The van der Waals surface area contributed by atoms with E-state index < -0.39 is 6.10 Å². The molecule has 0 aliphatic heterocycles. The fourth-order valence-electron chi connectivity index (χ4n) is 4.35. The van der Waals surface area contributed by atoms with Gasteiger partial charge in [0, 0.05) is 43.1 Å². The summed E-state index contributed by atoms with van der Waals surface area (Å²) in [6, 6.07) is 21.5. The number of aliphatic hydroxyl groups excluding tert-OH is 2. The Labute approximate surface area is 215 Å². The quantitative estimate of drug-likeness (QED) is 0.196. The third-order valence-corrected chi connectivity index (χ3v) is 6.42. The minimum atomic E-state index is -0.663. The van der Waals surface area contributed by atoms with Crippen molar-refractivity contribution in [1.29, 1.82) is 0 Å². The van der Waals surface area contributed by atoms with E-state index in [1.54, 1.807) is 12.1 Å². The zero-order chi connectivity index (χ0) is 25.4. The van der Waals surface area contributed by atoms with Crippen molar-refractivity contribution in [3.63, 3.8) is 0 Å². The Kier molecular flexibility index (Phi) is 12.4. The van der Waals surface area contributed by atoms with E-state index >= 15 is 0 Å². The maximum Gasteiger partial charge on any atom is 0.121 e. The topological polar surface area (TPSA) is 94.8 Å². The fourth-order valence-corrected chi connectivity index (χ4v) is 4.35. The predicted octanol–water partition coefficient (Wildman–Crippen LogP) is 5.09. The van der Waals surface area contributed by atoms with E-state index in [1.807, 2.05) is 18.3 Å². The van der Waals surface area contributed by atoms with Crippen LogP contribution in [0.5, 0.6) is 5.75 Å². The molecular formula is C30H40N2O4. The molecule has 2 atom stereocenters. The summed E-state index contributed by atoms with van der Waals surface area (Å²) in [6.45, 7) is 2.60. The van der Waals surface area contributed by atoms with Crippen LogP contribution in [0.2, 0.25) is 0 Å². The third kappa shape index (κ3) is 9.36. The van der Waals surface area contributed by atoms with Crippen LogP contribution in [0.4, 0.5) is 0 Å². The average Bonchev–Trinajstić information content (AvgIpc) is 2.92. The first-order valence-corrected chi connectivity index (χ1v) is 13.0. The molecule has 0 fully saturated rings. The minimum Gasteiger partial charge on any atom is -0.508 e. The maximum absolute atomic E-state index is 10.3. The number of ether oxygens (including phenoxy) is 1. The highest BCUT2D eigenvalue weighted by atomic mass is 16.5. The van der Waals surface area contributed by atoms with Gasteiger partial charge in [0.15, 0.2) is 0 Å². The van der Waals surface area contributed by atoms with E-state index in [1.165, 1.54) is 11.6 Å². The molecule has 0 saturated heterocycles. The lowest BCUT2D eigenvalue weighted by molar-refractivity contribution is 0.125. The lowest BCUT2D eigenvalue weighted by atomic mass is 9.91. The second-order valence-corrected chi connectivity index (χ2v) is 9.15. The fraction of sp³-hybridized carbons (Fsp3) is 0.433. The van der Waals surface area contributed by atoms with Crippen molar-refractivity contribution in [2.45, 2.75) is 57.2 Å². The molecule has 3 aromatic rings. The van der Waals surface area contributed by atoms with E-state index in [-0.39, 0.29) is 12.4 Å². The molecule has 6 heteroatoms. The van der Waals surface area contributed by atoms with Gasteiger partial charge in [-0.25, -0.2) is 0 Å². The van der Waals surface area contributed by atoms with Gasteiger partial charge in [-0.05, 0) is 67.6 Å². The normalized spacial score (nSPS) is 12.9. The summed E-state index contributed by atoms with van der Waals surface area (Å²) in [5, 5.41) is 32.4. The molecule has 6 nitrogen and oxygen atoms in total. The van der Waals surface area contributed by atoms with Crippen molar-refractivity contribution >= 4 is 0 Å². The molecule has 2 unspecified atom stereocenters. The van der Waals surface area contributed by atoms with Crippen molar-refractivity contribution in [1.82, 2.24) is 10.3 Å². The molecule has 0 bridgehead atoms. The zero-order valence-electron chi connectivity index (χ0n) is 21.1. The summed E-state index contributed by atoms with van der Waals surface area (Å²) in [5.74, 6) is 0.346. The number of unbranched alkanes of at least 4 members (excludes halogenated alkanes) is 3. The van der Waals surface area contributed by atoms with Crippen molar-refractivity contribution in [2.24, 2.45) is 0 Å². The highest BCUT2D eigenvalue weighted by molar-refractivity contribution is 5.36. The summed E-state index contributed by atoms with van der Waals surface area (Å²) in [6.07, 6.45) is 7.58. The Bertz CT molecular complexity index is 945. The molecule has 0 saturated carbocycles. The monoisotopic (exact) mass is 492 g/mol. The number of pyridine rings is 1. The average molecular weight is 493 g/mol. The number of nitrogens with zero attached hydrogens (tertiary/aromatic N) is 1. The predicted molar refractivity (Wildman–Crippen MR) is 143 cm³/mol. The molecule has 194 valence electrons. The maximum atomic E-state index is 10.3. The van der Waals surface area contributed by atoms with Crippen molar-refractivity contribution in [2.75, 3.05) is 26.3 Å². The van der Waals surface area contributed by atoms with E-state index in [4.69, 9.17) is 4.74 Å². The van der Waals surface area contributed by atoms with Crippen LogP contribution in [0, 0.1) is 0 Å². The van der Waals surface area contributed by atoms with Crippen molar-refractivity contribution < 1.29 is 20.1 Å². The molecule has 1 heterocycles. The van der Waals surface area contributed by atoms with E-state index in [0.717, 1.165) is 64.0 Å². The van der Waals surface area contributed by atoms with Gasteiger partial charge in [0.05, 0.1) is 12.7 Å². The van der Waals surface area contributed by atoms with Crippen molar-refractivity contribution in [3.05, 3.63) is 95.3 Å². The van der Waals surface area contributed by atoms with Gasteiger partial charge in [0.25, 0.3) is 0 Å². The number of aliphatic hydroxyl groups is 2. The molecule has 0 spiro atoms. The molecule has 0 aliphatic carbocycles. The molecule has 0 aliphatic rings. The first-order valence-electron chi connectivity index (χ1n) is 13.0. The number of benzene rings is 2. The number of aromatic nitrogens is 1. The minimum absolute atomic E-state index is 0.0475. The summed E-state index contributed by atoms with van der Waals surface area (Å²) in [7, 11) is 0. The van der Waals surface area contributed by atoms with Crippen LogP contribution >= 0.6 is 0 Å².